The van der Waals surface area contributed by atoms with Gasteiger partial charge >= 0.3 is 0 Å². The summed E-state index contributed by atoms with van der Waals surface area (Å²) in [5, 5.41) is 9.66. The molecule has 0 amide bonds. The molecule has 8 heteroatoms. The van der Waals surface area contributed by atoms with Crippen LogP contribution >= 0.6 is 23.2 Å². The highest BCUT2D eigenvalue weighted by atomic mass is 35.5. The molecule has 138 valence electrons. The molecule has 2 aromatic rings. The summed E-state index contributed by atoms with van der Waals surface area (Å²) in [5.74, 6) is -0.550. The van der Waals surface area contributed by atoms with Gasteiger partial charge in [-0.25, -0.2) is 8.42 Å². The number of hydrogen-bond acceptors (Lipinski definition) is 5. The van der Waals surface area contributed by atoms with Gasteiger partial charge in [0.2, 0.25) is 0 Å². The van der Waals surface area contributed by atoms with Crippen LogP contribution in [0.5, 0.6) is 5.75 Å². The summed E-state index contributed by atoms with van der Waals surface area (Å²) < 4.78 is 35.3. The summed E-state index contributed by atoms with van der Waals surface area (Å²) >= 11 is 11.9. The third-order valence-electron chi connectivity index (χ3n) is 3.88. The van der Waals surface area contributed by atoms with Crippen LogP contribution in [0, 0.1) is 0 Å². The Morgan fingerprint density at radius 1 is 1.04 bits per heavy atom. The Morgan fingerprint density at radius 2 is 1.74 bits per heavy atom. The Labute approximate surface area is 165 Å². The number of hydrogen-bond donors (Lipinski definition) is 1. The summed E-state index contributed by atoms with van der Waals surface area (Å²) in [6.45, 7) is 0. The molecule has 2 aromatic carbocycles. The van der Waals surface area contributed by atoms with E-state index in [0.717, 1.165) is 0 Å². The first kappa shape index (κ1) is 19.4. The Balaban J connectivity index is 2.40. The van der Waals surface area contributed by atoms with E-state index >= 15 is 0 Å². The average Bonchev–Trinajstić information content (AvgIpc) is 2.61. The Kier molecular flexibility index (Phi) is 5.26. The Morgan fingerprint density at radius 3 is 2.37 bits per heavy atom. The highest BCUT2D eigenvalue weighted by Crippen LogP contribution is 2.37. The number of phenolic OH excluding ortho intramolecular Hbond substituents is 1. The minimum Gasteiger partial charge on any atom is -0.744 e. The van der Waals surface area contributed by atoms with Gasteiger partial charge in [-0.2, -0.15) is 0 Å². The summed E-state index contributed by atoms with van der Waals surface area (Å²) in [6, 6.07) is 9.97. The normalized spacial score (nSPS) is 16.3. The van der Waals surface area contributed by atoms with E-state index in [1.54, 1.807) is 6.07 Å². The zero-order valence-electron chi connectivity index (χ0n) is 13.5. The molecule has 0 aromatic heterocycles. The lowest BCUT2D eigenvalue weighted by molar-refractivity contribution is -0.110. The van der Waals surface area contributed by atoms with E-state index in [4.69, 9.17) is 23.2 Å². The maximum Gasteiger partial charge on any atom is 0.197 e. The number of halogens is 2. The number of aromatic hydroxyl groups is 1. The van der Waals surface area contributed by atoms with Gasteiger partial charge in [0, 0.05) is 5.56 Å². The van der Waals surface area contributed by atoms with Crippen molar-refractivity contribution in [3.63, 3.8) is 0 Å². The van der Waals surface area contributed by atoms with Crippen molar-refractivity contribution in [3.05, 3.63) is 87.4 Å². The van der Waals surface area contributed by atoms with Crippen molar-refractivity contribution in [2.24, 2.45) is 0 Å². The predicted molar refractivity (Wildman–Crippen MR) is 102 cm³/mol. The molecule has 1 aliphatic rings. The first-order valence-corrected chi connectivity index (χ1v) is 9.73. The van der Waals surface area contributed by atoms with Crippen molar-refractivity contribution < 1.29 is 22.9 Å². The molecule has 0 aliphatic heterocycles. The lowest BCUT2D eigenvalue weighted by atomic mass is 9.91. The average molecular weight is 422 g/mol. The van der Waals surface area contributed by atoms with Gasteiger partial charge in [0.1, 0.15) is 15.9 Å². The van der Waals surface area contributed by atoms with Gasteiger partial charge in [-0.05, 0) is 47.1 Å². The van der Waals surface area contributed by atoms with Crippen LogP contribution in [0.2, 0.25) is 5.02 Å². The van der Waals surface area contributed by atoms with Gasteiger partial charge in [-0.15, -0.1) is 0 Å². The van der Waals surface area contributed by atoms with E-state index in [1.165, 1.54) is 54.6 Å². The summed E-state index contributed by atoms with van der Waals surface area (Å²) in [4.78, 5) is 11.2. The van der Waals surface area contributed by atoms with Crippen LogP contribution in [-0.4, -0.2) is 23.9 Å². The second kappa shape index (κ2) is 7.32. The molecular weight excluding hydrogens is 411 g/mol. The van der Waals surface area contributed by atoms with Gasteiger partial charge in [-0.3, -0.25) is 4.79 Å². The quantitative estimate of drug-likeness (QED) is 0.755. The Bertz CT molecular complexity index is 1140. The van der Waals surface area contributed by atoms with Crippen LogP contribution in [0.3, 0.4) is 0 Å². The van der Waals surface area contributed by atoms with Crippen molar-refractivity contribution in [1.29, 1.82) is 0 Å². The molecule has 1 N–H and O–H groups in total. The maximum atomic E-state index is 11.8. The van der Waals surface area contributed by atoms with Gasteiger partial charge in [0.25, 0.3) is 0 Å². The molecule has 0 fully saturated rings. The molecule has 0 heterocycles. The lowest BCUT2D eigenvalue weighted by Crippen LogP contribution is -2.06. The lowest BCUT2D eigenvalue weighted by Gasteiger charge is -2.19. The second-order valence-corrected chi connectivity index (χ2v) is 7.80. The predicted octanol–water partition coefficient (Wildman–Crippen LogP) is 4.01. The molecular formula is C19H11Cl2O5S-. The van der Waals surface area contributed by atoms with E-state index < -0.39 is 20.8 Å². The molecule has 0 saturated heterocycles. The highest BCUT2D eigenvalue weighted by Gasteiger charge is 2.20. The van der Waals surface area contributed by atoms with E-state index in [1.807, 2.05) is 0 Å². The molecule has 0 spiro atoms. The fourth-order valence-corrected chi connectivity index (χ4v) is 3.73. The van der Waals surface area contributed by atoms with Crippen molar-refractivity contribution >= 4 is 44.7 Å². The van der Waals surface area contributed by atoms with E-state index in [0.29, 0.717) is 16.7 Å². The van der Waals surface area contributed by atoms with Gasteiger partial charge in [0.15, 0.2) is 5.78 Å². The van der Waals surface area contributed by atoms with E-state index in [2.05, 4.69) is 0 Å². The van der Waals surface area contributed by atoms with Gasteiger partial charge in [-0.1, -0.05) is 53.5 Å². The Hall–Kier alpha value is -2.38. The van der Waals surface area contributed by atoms with Gasteiger partial charge < -0.3 is 9.66 Å². The minimum atomic E-state index is -4.78. The molecule has 0 saturated carbocycles. The molecule has 0 unspecified atom stereocenters. The zero-order valence-corrected chi connectivity index (χ0v) is 15.8. The number of allylic oxidation sites excluding steroid dienone is 5. The third-order valence-corrected chi connectivity index (χ3v) is 5.38. The van der Waals surface area contributed by atoms with Gasteiger partial charge in [0.05, 0.1) is 15.0 Å². The first-order chi connectivity index (χ1) is 12.7. The van der Waals surface area contributed by atoms with Crippen LogP contribution in [0.25, 0.3) is 5.57 Å². The second-order valence-electron chi connectivity index (χ2n) is 5.64. The topological polar surface area (TPSA) is 94.5 Å². The van der Waals surface area contributed by atoms with Crippen molar-refractivity contribution in [3.8, 4) is 5.75 Å². The molecule has 0 bridgehead atoms. The number of carbonyl (C=O) groups is 1. The van der Waals surface area contributed by atoms with Crippen molar-refractivity contribution in [2.75, 3.05) is 0 Å². The molecule has 1 aliphatic carbocycles. The first-order valence-electron chi connectivity index (χ1n) is 7.56. The maximum absolute atomic E-state index is 11.8. The highest BCUT2D eigenvalue weighted by molar-refractivity contribution is 7.85. The summed E-state index contributed by atoms with van der Waals surface area (Å²) in [7, 11) is -4.78. The zero-order chi connectivity index (χ0) is 19.8. The van der Waals surface area contributed by atoms with Crippen molar-refractivity contribution in [1.82, 2.24) is 0 Å². The molecule has 27 heavy (non-hydrogen) atoms. The molecule has 3 rings (SSSR count). The number of benzene rings is 2. The standard InChI is InChI=1S/C19H12Cl2O5S/c20-14-9-11(5-7-16(14)22)19(12-6-8-17(23)15(21)10-12)13-3-1-2-4-18(13)27(24,25)26/h1-10,22H,(H,24,25,26)/p-1/b19-12+. The number of phenols is 1. The molecule has 0 radical (unpaired) electrons. The number of ketones is 1. The minimum absolute atomic E-state index is 0.0407. The summed E-state index contributed by atoms with van der Waals surface area (Å²) in [5.41, 5.74) is 1.30. The molecule has 0 atom stereocenters. The van der Waals surface area contributed by atoms with Crippen molar-refractivity contribution in [2.45, 2.75) is 4.90 Å². The van der Waals surface area contributed by atoms with E-state index in [-0.39, 0.29) is 21.4 Å². The SMILES string of the molecule is O=C1C=C/C(=C(/c2ccc(O)c(Cl)c2)c2ccccc2S(=O)(=O)[O-])C=C1Cl. The largest absolute Gasteiger partial charge is 0.744 e. The fraction of sp³-hybridized carbons (Fsp3) is 0. The summed E-state index contributed by atoms with van der Waals surface area (Å²) in [6.07, 6.45) is 4.10. The fourth-order valence-electron chi connectivity index (χ4n) is 2.69. The van der Waals surface area contributed by atoms with Crippen LogP contribution in [-0.2, 0) is 14.9 Å². The smallest absolute Gasteiger partial charge is 0.197 e. The van der Waals surface area contributed by atoms with E-state index in [9.17, 15) is 22.9 Å². The van der Waals surface area contributed by atoms with Crippen LogP contribution in [0.15, 0.2) is 76.2 Å². The molecule has 5 nitrogen and oxygen atoms in total. The van der Waals surface area contributed by atoms with Crippen LogP contribution in [0.4, 0.5) is 0 Å². The third kappa shape index (κ3) is 3.99. The monoisotopic (exact) mass is 421 g/mol. The van der Waals surface area contributed by atoms with Crippen LogP contribution in [0.1, 0.15) is 11.1 Å². The van der Waals surface area contributed by atoms with Crippen LogP contribution < -0.4 is 0 Å². The number of rotatable bonds is 3. The number of carbonyl (C=O) groups excluding carboxylic acids is 1.